The predicted molar refractivity (Wildman–Crippen MR) is 232 cm³/mol. The third-order valence-corrected chi connectivity index (χ3v) is 13.6. The van der Waals surface area contributed by atoms with Crippen molar-refractivity contribution in [3.8, 4) is 6.07 Å². The van der Waals surface area contributed by atoms with Crippen molar-refractivity contribution >= 4 is 57.6 Å². The number of nitrogens with one attached hydrogen (secondary N) is 4. The standard InChI is InChI=1S/C47H51N9O6/c1-4-28-23-32-33(47(2,3)43-41(42(32)59)30-9-8-27(25-48)22-35(30)51-43)24-37(28)55-16-12-29(13-17-55)54-20-18-53(19-21-54)26-39(58)50-15-14-49-34-7-5-6-31-40(34)46(62)56(45(31)61)36-10-11-38(57)52-44(36)60/h5-9,22-24,29,36,49,51H,4,10-21,26H2,1-3H3,(H,50,58)(H,52,57,60). The van der Waals surface area contributed by atoms with E-state index in [9.17, 15) is 34.0 Å². The molecule has 320 valence electrons. The number of benzene rings is 3. The summed E-state index contributed by atoms with van der Waals surface area (Å²) < 4.78 is 0. The number of piperazine rings is 1. The van der Waals surface area contributed by atoms with Crippen molar-refractivity contribution in [3.05, 3.63) is 93.2 Å². The first-order chi connectivity index (χ1) is 29.9. The quantitative estimate of drug-likeness (QED) is 0.135. The zero-order valence-corrected chi connectivity index (χ0v) is 35.4. The summed E-state index contributed by atoms with van der Waals surface area (Å²) in [4.78, 5) is 89.4. The predicted octanol–water partition coefficient (Wildman–Crippen LogP) is 3.69. The maximum atomic E-state index is 14.1. The van der Waals surface area contributed by atoms with Gasteiger partial charge >= 0.3 is 0 Å². The molecule has 15 nitrogen and oxygen atoms in total. The second-order valence-electron chi connectivity index (χ2n) is 17.6. The third kappa shape index (κ3) is 7.10. The van der Waals surface area contributed by atoms with Crippen LogP contribution in [0.5, 0.6) is 0 Å². The number of carbonyl (C=O) groups is 6. The molecule has 9 rings (SSSR count). The van der Waals surface area contributed by atoms with Crippen LogP contribution in [0.4, 0.5) is 11.4 Å². The summed E-state index contributed by atoms with van der Waals surface area (Å²) in [5, 5.41) is 18.7. The number of piperidine rings is 2. The molecule has 0 spiro atoms. The number of rotatable bonds is 10. The Kier molecular flexibility index (Phi) is 10.7. The summed E-state index contributed by atoms with van der Waals surface area (Å²) in [6.07, 6.45) is 3.02. The Morgan fingerprint density at radius 1 is 0.887 bits per heavy atom. The van der Waals surface area contributed by atoms with Gasteiger partial charge in [-0.25, -0.2) is 0 Å². The first-order valence-electron chi connectivity index (χ1n) is 21.7. The molecule has 5 heterocycles. The maximum absolute atomic E-state index is 14.1. The Morgan fingerprint density at radius 2 is 1.66 bits per heavy atom. The number of fused-ring (bicyclic) bond motifs is 5. The van der Waals surface area contributed by atoms with E-state index in [1.54, 1.807) is 24.3 Å². The number of nitrogens with zero attached hydrogens (tertiary/aromatic N) is 5. The van der Waals surface area contributed by atoms with E-state index in [0.29, 0.717) is 42.5 Å². The van der Waals surface area contributed by atoms with Crippen molar-refractivity contribution < 1.29 is 28.8 Å². The molecular weight excluding hydrogens is 787 g/mol. The van der Waals surface area contributed by atoms with Crippen LogP contribution in [0, 0.1) is 11.3 Å². The first kappa shape index (κ1) is 41.0. The van der Waals surface area contributed by atoms with Crippen LogP contribution in [-0.2, 0) is 26.2 Å². The lowest BCUT2D eigenvalue weighted by Crippen LogP contribution is -2.54. The van der Waals surface area contributed by atoms with E-state index < -0.39 is 35.1 Å². The van der Waals surface area contributed by atoms with Crippen LogP contribution in [0.1, 0.15) is 105 Å². The molecule has 5 amide bonds. The highest BCUT2D eigenvalue weighted by atomic mass is 16.2. The fraction of sp³-hybridized carbons (Fsp3) is 0.426. The number of aromatic amines is 1. The molecule has 3 saturated heterocycles. The minimum Gasteiger partial charge on any atom is -0.383 e. The Labute approximate surface area is 359 Å². The van der Waals surface area contributed by atoms with Gasteiger partial charge in [0.15, 0.2) is 5.78 Å². The van der Waals surface area contributed by atoms with Crippen LogP contribution in [0.2, 0.25) is 0 Å². The summed E-state index contributed by atoms with van der Waals surface area (Å²) >= 11 is 0. The van der Waals surface area contributed by atoms with Gasteiger partial charge in [-0.3, -0.25) is 48.8 Å². The monoisotopic (exact) mass is 837 g/mol. The van der Waals surface area contributed by atoms with Crippen LogP contribution in [0.3, 0.4) is 0 Å². The number of H-pyrrole nitrogens is 1. The first-order valence-corrected chi connectivity index (χ1v) is 21.7. The maximum Gasteiger partial charge on any atom is 0.264 e. The highest BCUT2D eigenvalue weighted by Crippen LogP contribution is 2.46. The Balaban J connectivity index is 0.751. The van der Waals surface area contributed by atoms with Crippen LogP contribution in [-0.4, -0.2) is 126 Å². The minimum absolute atomic E-state index is 0.0332. The number of nitriles is 1. The van der Waals surface area contributed by atoms with Crippen molar-refractivity contribution in [1.82, 2.24) is 30.3 Å². The van der Waals surface area contributed by atoms with Gasteiger partial charge < -0.3 is 20.5 Å². The molecule has 0 bridgehead atoms. The molecule has 15 heteroatoms. The van der Waals surface area contributed by atoms with E-state index in [1.807, 2.05) is 12.1 Å². The Hall–Kier alpha value is -6.37. The van der Waals surface area contributed by atoms with E-state index in [-0.39, 0.29) is 35.7 Å². The molecule has 4 aromatic rings. The number of ketones is 1. The molecule has 1 aliphatic carbocycles. The highest BCUT2D eigenvalue weighted by molar-refractivity contribution is 6.25. The van der Waals surface area contributed by atoms with E-state index in [1.165, 1.54) is 11.3 Å². The number of aromatic nitrogens is 1. The van der Waals surface area contributed by atoms with Crippen LogP contribution in [0.15, 0.2) is 48.5 Å². The number of imide groups is 2. The smallest absolute Gasteiger partial charge is 0.264 e. The number of hydrogen-bond donors (Lipinski definition) is 4. The molecule has 0 saturated carbocycles. The molecule has 1 unspecified atom stereocenters. The van der Waals surface area contributed by atoms with Gasteiger partial charge in [0.2, 0.25) is 17.7 Å². The second-order valence-corrected chi connectivity index (χ2v) is 17.6. The number of amides is 5. The van der Waals surface area contributed by atoms with E-state index in [4.69, 9.17) is 0 Å². The lowest BCUT2D eigenvalue weighted by Gasteiger charge is -2.44. The largest absolute Gasteiger partial charge is 0.383 e. The fourth-order valence-electron chi connectivity index (χ4n) is 10.2. The number of hydrogen-bond acceptors (Lipinski definition) is 11. The van der Waals surface area contributed by atoms with Crippen LogP contribution < -0.4 is 20.9 Å². The van der Waals surface area contributed by atoms with Crippen LogP contribution >= 0.6 is 0 Å². The average Bonchev–Trinajstić information content (AvgIpc) is 3.79. The second kappa shape index (κ2) is 16.2. The zero-order chi connectivity index (χ0) is 43.4. The lowest BCUT2D eigenvalue weighted by molar-refractivity contribution is -0.136. The summed E-state index contributed by atoms with van der Waals surface area (Å²) in [6, 6.07) is 16.4. The SMILES string of the molecule is CCc1cc2c(cc1N1CCC(N3CCN(CC(=O)NCCNc4cccc5c4C(=O)N(C4CCC(=O)NC4=O)C5=O)CC3)CC1)C(C)(C)c1[nH]c3cc(C#N)ccc3c1C2=O. The molecule has 4 N–H and O–H groups in total. The van der Waals surface area contributed by atoms with Gasteiger partial charge in [0.05, 0.1) is 34.9 Å². The highest BCUT2D eigenvalue weighted by Gasteiger charge is 2.46. The molecule has 1 atom stereocenters. The topological polar surface area (TPSA) is 191 Å². The van der Waals surface area contributed by atoms with Gasteiger partial charge in [-0.05, 0) is 73.2 Å². The Bertz CT molecular complexity index is 2590. The van der Waals surface area contributed by atoms with E-state index >= 15 is 0 Å². The summed E-state index contributed by atoms with van der Waals surface area (Å²) in [7, 11) is 0. The molecule has 4 aliphatic heterocycles. The molecule has 0 radical (unpaired) electrons. The molecule has 3 aromatic carbocycles. The molecule has 5 aliphatic rings. The summed E-state index contributed by atoms with van der Waals surface area (Å²) in [5.41, 5.74) is 7.55. The van der Waals surface area contributed by atoms with Crippen molar-refractivity contribution in [2.75, 3.05) is 69.1 Å². The van der Waals surface area contributed by atoms with Crippen molar-refractivity contribution in [2.45, 2.75) is 70.4 Å². The third-order valence-electron chi connectivity index (χ3n) is 13.6. The normalized spacial score (nSPS) is 20.5. The van der Waals surface area contributed by atoms with Crippen molar-refractivity contribution in [3.63, 3.8) is 0 Å². The van der Waals surface area contributed by atoms with Gasteiger partial charge in [-0.2, -0.15) is 5.26 Å². The zero-order valence-electron chi connectivity index (χ0n) is 35.4. The van der Waals surface area contributed by atoms with Gasteiger partial charge in [-0.15, -0.1) is 0 Å². The minimum atomic E-state index is -1.04. The van der Waals surface area contributed by atoms with Crippen molar-refractivity contribution in [2.24, 2.45) is 0 Å². The van der Waals surface area contributed by atoms with Gasteiger partial charge in [-0.1, -0.05) is 32.9 Å². The van der Waals surface area contributed by atoms with E-state index in [2.05, 4.69) is 74.6 Å². The lowest BCUT2D eigenvalue weighted by atomic mass is 9.70. The average molecular weight is 838 g/mol. The molecule has 1 aromatic heterocycles. The molecule has 62 heavy (non-hydrogen) atoms. The van der Waals surface area contributed by atoms with Crippen molar-refractivity contribution in [1.29, 1.82) is 5.26 Å². The number of aryl methyl sites for hydroxylation is 1. The summed E-state index contributed by atoms with van der Waals surface area (Å²) in [6.45, 7) is 12.6. The Morgan fingerprint density at radius 3 is 2.39 bits per heavy atom. The van der Waals surface area contributed by atoms with Crippen LogP contribution in [0.25, 0.3) is 10.9 Å². The van der Waals surface area contributed by atoms with Gasteiger partial charge in [0, 0.05) is 104 Å². The number of carbonyl (C=O) groups excluding carboxylic acids is 6. The van der Waals surface area contributed by atoms with Gasteiger partial charge in [0.25, 0.3) is 11.8 Å². The molecule has 3 fully saturated rings. The fourth-order valence-corrected chi connectivity index (χ4v) is 10.2. The van der Waals surface area contributed by atoms with E-state index in [0.717, 1.165) is 91.2 Å². The number of anilines is 2. The molecular formula is C47H51N9O6. The summed E-state index contributed by atoms with van der Waals surface area (Å²) in [5.74, 6) is -2.28. The van der Waals surface area contributed by atoms with Gasteiger partial charge in [0.1, 0.15) is 6.04 Å².